The molecule has 1 N–H and O–H groups in total. The molecule has 0 aliphatic rings. The molecular formula is H3KNaNbO3. The molecule has 3 nitrogen and oxygen atoms in total. The molecule has 0 aromatic carbocycles. The van der Waals surface area contributed by atoms with Crippen LogP contribution in [0.3, 0.4) is 0 Å². The van der Waals surface area contributed by atoms with Gasteiger partial charge in [0.05, 0.1) is 0 Å². The van der Waals surface area contributed by atoms with Crippen molar-refractivity contribution in [1.82, 2.24) is 0 Å². The van der Waals surface area contributed by atoms with Gasteiger partial charge in [0, 0.05) is 0 Å². The third-order valence-electron chi connectivity index (χ3n) is 0. The van der Waals surface area contributed by atoms with Crippen molar-refractivity contribution in [3.63, 3.8) is 0 Å². The quantitative estimate of drug-likeness (QED) is 0.462. The fourth-order valence-electron chi connectivity index (χ4n) is 0. The molecule has 0 bridgehead atoms. The molecule has 0 aromatic rings. The summed E-state index contributed by atoms with van der Waals surface area (Å²) in [6.45, 7) is 0. The summed E-state index contributed by atoms with van der Waals surface area (Å²) in [5, 5.41) is 0. The van der Waals surface area contributed by atoms with E-state index in [-0.39, 0.29) is 80.9 Å². The van der Waals surface area contributed by atoms with Crippen LogP contribution in [-0.2, 0) is 25.3 Å². The summed E-state index contributed by atoms with van der Waals surface area (Å²) in [5.74, 6) is 0. The van der Waals surface area contributed by atoms with Crippen molar-refractivity contribution in [3.8, 4) is 0 Å². The van der Waals surface area contributed by atoms with Crippen LogP contribution in [0, 0.1) is 0 Å². The molecule has 0 spiro atoms. The summed E-state index contributed by atoms with van der Waals surface area (Å²) in [5.41, 5.74) is 0. The van der Waals surface area contributed by atoms with Crippen molar-refractivity contribution >= 4 is 80.9 Å². The van der Waals surface area contributed by atoms with E-state index < -0.39 is 18.8 Å². The van der Waals surface area contributed by atoms with Crippen LogP contribution in [0.4, 0.5) is 0 Å². The molecular weight excluding hydrogens is 203 g/mol. The second-order valence-corrected chi connectivity index (χ2v) is 1.41. The molecule has 6 heavy (non-hydrogen) atoms. The van der Waals surface area contributed by atoms with Gasteiger partial charge in [0.1, 0.15) is 0 Å². The molecule has 0 aliphatic carbocycles. The Hall–Kier alpha value is 2.94. The van der Waals surface area contributed by atoms with Crippen molar-refractivity contribution in [2.45, 2.75) is 0 Å². The maximum absolute atomic E-state index is 8.71. The van der Waals surface area contributed by atoms with Gasteiger partial charge in [-0.3, -0.25) is 0 Å². The van der Waals surface area contributed by atoms with Crippen LogP contribution in [0.25, 0.3) is 0 Å². The summed E-state index contributed by atoms with van der Waals surface area (Å²) in [6.07, 6.45) is 0. The molecule has 0 unspecified atom stereocenters. The summed E-state index contributed by atoms with van der Waals surface area (Å²) in [7, 11) is 0. The van der Waals surface area contributed by atoms with Gasteiger partial charge in [-0.1, -0.05) is 0 Å². The van der Waals surface area contributed by atoms with E-state index in [1.165, 1.54) is 0 Å². The molecule has 0 amide bonds. The van der Waals surface area contributed by atoms with Crippen LogP contribution < -0.4 is 0 Å². The Balaban J connectivity index is -0.0000000450. The Morgan fingerprint density at radius 1 is 1.33 bits per heavy atom. The molecule has 0 saturated carbocycles. The standard InChI is InChI=1S/K.Na.Nb.H2O.2O.2H/h;;;1H2;;;;/q;;+1;;;;;/p-1. The molecule has 0 fully saturated rings. The van der Waals surface area contributed by atoms with Crippen LogP contribution in [0.15, 0.2) is 0 Å². The molecule has 0 radical (unpaired) electrons. The number of rotatable bonds is 0. The summed E-state index contributed by atoms with van der Waals surface area (Å²) in [6, 6.07) is 0. The first-order valence-electron chi connectivity index (χ1n) is 0.565. The molecule has 0 saturated heterocycles. The van der Waals surface area contributed by atoms with E-state index in [0.717, 1.165) is 0 Å². The van der Waals surface area contributed by atoms with Crippen LogP contribution >= 0.6 is 0 Å². The van der Waals surface area contributed by atoms with Gasteiger partial charge in [0.15, 0.2) is 0 Å². The van der Waals surface area contributed by atoms with E-state index in [1.807, 2.05) is 0 Å². The van der Waals surface area contributed by atoms with Crippen molar-refractivity contribution < 1.29 is 28.9 Å². The van der Waals surface area contributed by atoms with Gasteiger partial charge in [-0.15, -0.1) is 0 Å². The van der Waals surface area contributed by atoms with E-state index in [0.29, 0.717) is 0 Å². The number of hydrogen-bond acceptors (Lipinski definition) is 2. The summed E-state index contributed by atoms with van der Waals surface area (Å²) >= 11 is -3.95. The molecule has 0 aromatic heterocycles. The van der Waals surface area contributed by atoms with E-state index in [1.54, 1.807) is 0 Å². The second-order valence-electron chi connectivity index (χ2n) is 0.238. The Kier molecular flexibility index (Phi) is 28.8. The Morgan fingerprint density at radius 3 is 1.33 bits per heavy atom. The van der Waals surface area contributed by atoms with Gasteiger partial charge in [-0.05, 0) is 0 Å². The Morgan fingerprint density at radius 2 is 1.33 bits per heavy atom. The van der Waals surface area contributed by atoms with Crippen LogP contribution in [-0.4, -0.2) is 84.6 Å². The van der Waals surface area contributed by atoms with E-state index in [4.69, 9.17) is 10.1 Å². The summed E-state index contributed by atoms with van der Waals surface area (Å²) < 4.78 is 24.6. The van der Waals surface area contributed by atoms with Crippen molar-refractivity contribution in [1.29, 1.82) is 0 Å². The van der Waals surface area contributed by atoms with Gasteiger partial charge < -0.3 is 0 Å². The predicted octanol–water partition coefficient (Wildman–Crippen LogP) is -2.09. The summed E-state index contributed by atoms with van der Waals surface area (Å²) in [4.78, 5) is 0. The molecule has 0 atom stereocenters. The molecule has 0 rings (SSSR count). The van der Waals surface area contributed by atoms with Crippen LogP contribution in [0.2, 0.25) is 0 Å². The van der Waals surface area contributed by atoms with Gasteiger partial charge in [0.2, 0.25) is 0 Å². The zero-order valence-electron chi connectivity index (χ0n) is 1.71. The predicted molar refractivity (Wildman–Crippen MR) is 17.9 cm³/mol. The zero-order valence-corrected chi connectivity index (χ0v) is 3.91. The molecule has 28 valence electrons. The molecule has 6 heteroatoms. The molecule has 0 heterocycles. The third kappa shape index (κ3) is 28.3. The van der Waals surface area contributed by atoms with Gasteiger partial charge in [-0.25, -0.2) is 0 Å². The van der Waals surface area contributed by atoms with Crippen molar-refractivity contribution in [2.75, 3.05) is 0 Å². The van der Waals surface area contributed by atoms with Crippen LogP contribution in [0.5, 0.6) is 0 Å². The first-order chi connectivity index (χ1) is 1.73. The Bertz CT molecular complexity index is 59.2. The van der Waals surface area contributed by atoms with E-state index in [9.17, 15) is 0 Å². The SMILES string of the molecule is [KH].[NaH].[O]=[Nb](=[O])[OH]. The third-order valence-corrected chi connectivity index (χ3v) is 0. The van der Waals surface area contributed by atoms with Crippen LogP contribution in [0.1, 0.15) is 0 Å². The minimum absolute atomic E-state index is 0. The average molecular weight is 206 g/mol. The van der Waals surface area contributed by atoms with Crippen molar-refractivity contribution in [3.05, 3.63) is 0 Å². The normalized spacial score (nSPS) is 4.17. The Labute approximate surface area is 107 Å². The molecule has 0 aliphatic heterocycles. The average Bonchev–Trinajstić information content (AvgIpc) is 0.811. The monoisotopic (exact) mass is 206 g/mol. The topological polar surface area (TPSA) is 54.4 Å². The maximum atomic E-state index is 8.71. The van der Waals surface area contributed by atoms with Crippen molar-refractivity contribution in [2.24, 2.45) is 0 Å². The minimum atomic E-state index is -3.95. The first-order valence-corrected chi connectivity index (χ1v) is 3.34. The fraction of sp³-hybridized carbons (Fsp3) is 0. The van der Waals surface area contributed by atoms with E-state index >= 15 is 0 Å². The fourth-order valence-corrected chi connectivity index (χ4v) is 0. The van der Waals surface area contributed by atoms with Gasteiger partial charge in [0.25, 0.3) is 0 Å². The zero-order chi connectivity index (χ0) is 3.58. The number of hydrogen-bond donors (Lipinski definition) is 1. The van der Waals surface area contributed by atoms with Gasteiger partial charge >= 0.3 is 110 Å². The second kappa shape index (κ2) is 10.8. The van der Waals surface area contributed by atoms with E-state index in [2.05, 4.69) is 0 Å². The van der Waals surface area contributed by atoms with Gasteiger partial charge in [-0.2, -0.15) is 0 Å². The first kappa shape index (κ1) is 16.0.